The van der Waals surface area contributed by atoms with Crippen molar-refractivity contribution in [2.75, 3.05) is 5.75 Å². The van der Waals surface area contributed by atoms with E-state index in [-0.39, 0.29) is 18.2 Å². The van der Waals surface area contributed by atoms with Crippen molar-refractivity contribution in [1.29, 1.82) is 0 Å². The Hall–Kier alpha value is -1.49. The van der Waals surface area contributed by atoms with Gasteiger partial charge in [0.15, 0.2) is 0 Å². The molecule has 1 aromatic rings. The molecule has 0 saturated carbocycles. The van der Waals surface area contributed by atoms with Gasteiger partial charge in [-0.2, -0.15) is 12.6 Å². The van der Waals surface area contributed by atoms with E-state index in [1.54, 1.807) is 0 Å². The van der Waals surface area contributed by atoms with Gasteiger partial charge in [0.25, 0.3) is 0 Å². The fourth-order valence-corrected chi connectivity index (χ4v) is 1.88. The smallest absolute Gasteiger partial charge is 0.327 e. The summed E-state index contributed by atoms with van der Waals surface area (Å²) < 4.78 is 0. The van der Waals surface area contributed by atoms with Gasteiger partial charge in [0.1, 0.15) is 6.04 Å². The minimum absolute atomic E-state index is 0.0990. The highest BCUT2D eigenvalue weighted by Gasteiger charge is 2.26. The molecule has 0 heterocycles. The second-order valence-electron chi connectivity index (χ2n) is 3.67. The molecule has 17 heavy (non-hydrogen) atoms. The highest BCUT2D eigenvalue weighted by Crippen LogP contribution is 2.10. The molecule has 0 aromatic heterocycles. The Labute approximate surface area is 106 Å². The second-order valence-corrected chi connectivity index (χ2v) is 4.03. The summed E-state index contributed by atoms with van der Waals surface area (Å²) in [4.78, 5) is 23.8. The number of thiol groups is 1. The molecule has 1 aromatic carbocycles. The first kappa shape index (κ1) is 13.6. The number of carbonyl (C=O) groups excluding carboxylic acids is 1. The Morgan fingerprint density at radius 1 is 1.35 bits per heavy atom. The largest absolute Gasteiger partial charge is 0.480 e. The fourth-order valence-electron chi connectivity index (χ4n) is 1.53. The Balaban J connectivity index is 2.87. The second kappa shape index (κ2) is 6.30. The third-order valence-electron chi connectivity index (χ3n) is 2.43. The van der Waals surface area contributed by atoms with Gasteiger partial charge in [0, 0.05) is 19.2 Å². The van der Waals surface area contributed by atoms with Crippen LogP contribution in [0.1, 0.15) is 12.5 Å². The summed E-state index contributed by atoms with van der Waals surface area (Å²) in [5.41, 5.74) is 0.899. The van der Waals surface area contributed by atoms with Crippen LogP contribution in [0.2, 0.25) is 0 Å². The van der Waals surface area contributed by atoms with Crippen LogP contribution >= 0.6 is 12.6 Å². The monoisotopic (exact) mass is 253 g/mol. The van der Waals surface area contributed by atoms with Crippen molar-refractivity contribution in [2.45, 2.75) is 19.5 Å². The number of benzene rings is 1. The summed E-state index contributed by atoms with van der Waals surface area (Å²) in [5, 5.41) is 9.03. The Morgan fingerprint density at radius 3 is 2.35 bits per heavy atom. The predicted molar refractivity (Wildman–Crippen MR) is 67.9 cm³/mol. The SMILES string of the molecule is CC(=O)N(Cc1ccccc1)[C@@H](CS)C(=O)O. The number of amides is 1. The highest BCUT2D eigenvalue weighted by molar-refractivity contribution is 7.80. The molecule has 0 bridgehead atoms. The van der Waals surface area contributed by atoms with E-state index in [1.165, 1.54) is 11.8 Å². The minimum atomic E-state index is -1.04. The zero-order valence-electron chi connectivity index (χ0n) is 9.54. The van der Waals surface area contributed by atoms with E-state index in [1.807, 2.05) is 30.3 Å². The molecule has 0 spiro atoms. The molecular weight excluding hydrogens is 238 g/mol. The van der Waals surface area contributed by atoms with Gasteiger partial charge >= 0.3 is 5.97 Å². The van der Waals surface area contributed by atoms with Gasteiger partial charge in [0.05, 0.1) is 0 Å². The Morgan fingerprint density at radius 2 is 1.94 bits per heavy atom. The summed E-state index contributed by atoms with van der Waals surface area (Å²) >= 11 is 3.98. The summed E-state index contributed by atoms with van der Waals surface area (Å²) in [6, 6.07) is 8.39. The molecule has 0 saturated heterocycles. The summed E-state index contributed by atoms with van der Waals surface area (Å²) in [6.45, 7) is 1.65. The number of hydrogen-bond acceptors (Lipinski definition) is 3. The molecule has 0 radical (unpaired) electrons. The Kier molecular flexibility index (Phi) is 5.03. The quantitative estimate of drug-likeness (QED) is 0.780. The van der Waals surface area contributed by atoms with Crippen LogP contribution in [0.15, 0.2) is 30.3 Å². The topological polar surface area (TPSA) is 57.6 Å². The molecule has 0 unspecified atom stereocenters. The van der Waals surface area contributed by atoms with Crippen molar-refractivity contribution in [1.82, 2.24) is 4.90 Å². The van der Waals surface area contributed by atoms with E-state index in [0.717, 1.165) is 5.56 Å². The van der Waals surface area contributed by atoms with E-state index in [9.17, 15) is 9.59 Å². The van der Waals surface area contributed by atoms with Gasteiger partial charge in [-0.25, -0.2) is 4.79 Å². The third-order valence-corrected chi connectivity index (χ3v) is 2.78. The molecule has 4 nitrogen and oxygen atoms in total. The van der Waals surface area contributed by atoms with Crippen LogP contribution in [-0.2, 0) is 16.1 Å². The average Bonchev–Trinajstić information content (AvgIpc) is 2.29. The lowest BCUT2D eigenvalue weighted by Gasteiger charge is -2.26. The number of carbonyl (C=O) groups is 2. The fraction of sp³-hybridized carbons (Fsp3) is 0.333. The summed E-state index contributed by atoms with van der Waals surface area (Å²) in [7, 11) is 0. The Bertz CT molecular complexity index is 394. The lowest BCUT2D eigenvalue weighted by molar-refractivity contribution is -0.148. The van der Waals surface area contributed by atoms with Gasteiger partial charge < -0.3 is 10.0 Å². The van der Waals surface area contributed by atoms with E-state index < -0.39 is 12.0 Å². The van der Waals surface area contributed by atoms with Gasteiger partial charge in [0.2, 0.25) is 5.91 Å². The van der Waals surface area contributed by atoms with Gasteiger partial charge in [-0.3, -0.25) is 4.79 Å². The number of aliphatic carboxylic acids is 1. The lowest BCUT2D eigenvalue weighted by Crippen LogP contribution is -2.44. The number of carboxylic acid groups (broad SMARTS) is 1. The minimum Gasteiger partial charge on any atom is -0.480 e. The molecule has 1 atom stereocenters. The van der Waals surface area contributed by atoms with Gasteiger partial charge in [-0.15, -0.1) is 0 Å². The van der Waals surface area contributed by atoms with Crippen LogP contribution in [0.25, 0.3) is 0 Å². The summed E-state index contributed by atoms with van der Waals surface area (Å²) in [6.07, 6.45) is 0. The van der Waals surface area contributed by atoms with Crippen LogP contribution < -0.4 is 0 Å². The molecule has 92 valence electrons. The molecule has 5 heteroatoms. The van der Waals surface area contributed by atoms with Gasteiger partial charge in [-0.1, -0.05) is 30.3 Å². The average molecular weight is 253 g/mol. The van der Waals surface area contributed by atoms with Crippen LogP contribution in [0.3, 0.4) is 0 Å². The van der Waals surface area contributed by atoms with Gasteiger partial charge in [-0.05, 0) is 5.56 Å². The first-order valence-corrected chi connectivity index (χ1v) is 5.84. The maximum absolute atomic E-state index is 11.5. The molecule has 0 fully saturated rings. The molecule has 0 aliphatic carbocycles. The zero-order valence-corrected chi connectivity index (χ0v) is 10.4. The van der Waals surface area contributed by atoms with E-state index in [0.29, 0.717) is 0 Å². The molecule has 0 aliphatic heterocycles. The number of nitrogens with zero attached hydrogens (tertiary/aromatic N) is 1. The number of rotatable bonds is 5. The van der Waals surface area contributed by atoms with Crippen LogP contribution in [0, 0.1) is 0 Å². The van der Waals surface area contributed by atoms with Crippen molar-refractivity contribution in [3.8, 4) is 0 Å². The number of hydrogen-bond donors (Lipinski definition) is 2. The summed E-state index contributed by atoms with van der Waals surface area (Å²) in [5.74, 6) is -1.21. The van der Waals surface area contributed by atoms with Crippen LogP contribution in [-0.4, -0.2) is 33.7 Å². The molecular formula is C12H15NO3S. The van der Waals surface area contributed by atoms with Crippen molar-refractivity contribution >= 4 is 24.5 Å². The maximum Gasteiger partial charge on any atom is 0.327 e. The predicted octanol–water partition coefficient (Wildman–Crippen LogP) is 1.42. The zero-order chi connectivity index (χ0) is 12.8. The first-order chi connectivity index (χ1) is 8.06. The maximum atomic E-state index is 11.5. The molecule has 1 N–H and O–H groups in total. The van der Waals surface area contributed by atoms with E-state index in [2.05, 4.69) is 12.6 Å². The van der Waals surface area contributed by atoms with Crippen LogP contribution in [0.4, 0.5) is 0 Å². The van der Waals surface area contributed by atoms with E-state index >= 15 is 0 Å². The number of carboxylic acids is 1. The lowest BCUT2D eigenvalue weighted by atomic mass is 10.2. The highest BCUT2D eigenvalue weighted by atomic mass is 32.1. The van der Waals surface area contributed by atoms with Crippen molar-refractivity contribution in [2.24, 2.45) is 0 Å². The standard InChI is InChI=1S/C12H15NO3S/c1-9(14)13(11(8-17)12(15)16)7-10-5-3-2-4-6-10/h2-6,11,17H,7-8H2,1H3,(H,15,16)/t11-/m0/s1. The first-order valence-electron chi connectivity index (χ1n) is 5.21. The normalized spacial score (nSPS) is 11.9. The third kappa shape index (κ3) is 3.78. The van der Waals surface area contributed by atoms with Crippen molar-refractivity contribution in [3.63, 3.8) is 0 Å². The molecule has 1 amide bonds. The van der Waals surface area contributed by atoms with Crippen molar-refractivity contribution in [3.05, 3.63) is 35.9 Å². The van der Waals surface area contributed by atoms with Crippen LogP contribution in [0.5, 0.6) is 0 Å². The molecule has 0 aliphatic rings. The molecule has 1 rings (SSSR count). The van der Waals surface area contributed by atoms with E-state index in [4.69, 9.17) is 5.11 Å². The van der Waals surface area contributed by atoms with Crippen molar-refractivity contribution < 1.29 is 14.7 Å².